The van der Waals surface area contributed by atoms with Crippen molar-refractivity contribution >= 4 is 6.21 Å². The molecule has 0 spiro atoms. The van der Waals surface area contributed by atoms with Gasteiger partial charge in [-0.1, -0.05) is 0 Å². The molecule has 80 valence electrons. The zero-order chi connectivity index (χ0) is 10.8. The molecule has 1 rings (SSSR count). The summed E-state index contributed by atoms with van der Waals surface area (Å²) < 4.78 is 0. The molecule has 1 heterocycles. The van der Waals surface area contributed by atoms with Gasteiger partial charge in [0, 0.05) is 19.5 Å². The third-order valence-electron chi connectivity index (χ3n) is 2.42. The normalized spacial score (nSPS) is 20.0. The highest BCUT2D eigenvalue weighted by Crippen LogP contribution is 2.10. The Morgan fingerprint density at radius 2 is 2.07 bits per heavy atom. The van der Waals surface area contributed by atoms with Crippen molar-refractivity contribution < 1.29 is 10.7 Å². The first kappa shape index (κ1) is 11.4. The third kappa shape index (κ3) is 3.24. The molecule has 0 atom stereocenters. The van der Waals surface area contributed by atoms with E-state index in [-0.39, 0.29) is 5.54 Å². The number of nitrogens with zero attached hydrogens (tertiary/aromatic N) is 1. The lowest BCUT2D eigenvalue weighted by atomic mass is 10.0. The first-order valence-corrected chi connectivity index (χ1v) is 5.24. The summed E-state index contributed by atoms with van der Waals surface area (Å²) in [5, 5.41) is 7.99. The van der Waals surface area contributed by atoms with Gasteiger partial charge in [0.25, 0.3) is 0 Å². The molecule has 4 N–H and O–H groups in total. The maximum absolute atomic E-state index is 5.65. The average molecular weight is 197 g/mol. The van der Waals surface area contributed by atoms with E-state index < -0.39 is 0 Å². The second-order valence-corrected chi connectivity index (χ2v) is 5.22. The van der Waals surface area contributed by atoms with Crippen molar-refractivity contribution in [2.45, 2.75) is 32.7 Å². The highest BCUT2D eigenvalue weighted by molar-refractivity contribution is 5.74. The Morgan fingerprint density at radius 1 is 1.43 bits per heavy atom. The van der Waals surface area contributed by atoms with Crippen molar-refractivity contribution in [1.29, 1.82) is 0 Å². The van der Waals surface area contributed by atoms with Crippen LogP contribution in [-0.2, 0) is 0 Å². The number of quaternary nitrogens is 1. The molecular formula is C11H23N3+2. The first-order chi connectivity index (χ1) is 6.42. The molecule has 3 nitrogen and oxygen atoms in total. The fourth-order valence-electron chi connectivity index (χ4n) is 1.79. The zero-order valence-corrected chi connectivity index (χ0v) is 9.80. The van der Waals surface area contributed by atoms with Crippen molar-refractivity contribution in [3.63, 3.8) is 0 Å². The van der Waals surface area contributed by atoms with Crippen LogP contribution >= 0.6 is 0 Å². The average Bonchev–Trinajstić information content (AvgIpc) is 2.06. The van der Waals surface area contributed by atoms with E-state index in [9.17, 15) is 0 Å². The quantitative estimate of drug-likeness (QED) is 0.535. The zero-order valence-electron chi connectivity index (χ0n) is 9.80. The lowest BCUT2D eigenvalue weighted by molar-refractivity contribution is -0.676. The van der Waals surface area contributed by atoms with Crippen LogP contribution in [0.3, 0.4) is 0 Å². The van der Waals surface area contributed by atoms with Crippen LogP contribution in [0.25, 0.3) is 0 Å². The van der Waals surface area contributed by atoms with Crippen molar-refractivity contribution in [2.75, 3.05) is 20.1 Å². The molecule has 0 aliphatic carbocycles. The summed E-state index contributed by atoms with van der Waals surface area (Å²) in [6, 6.07) is 0. The van der Waals surface area contributed by atoms with Gasteiger partial charge in [-0.25, -0.2) is 0 Å². The Hall–Kier alpha value is -0.670. The van der Waals surface area contributed by atoms with Gasteiger partial charge in [0.15, 0.2) is 6.21 Å². The van der Waals surface area contributed by atoms with Crippen LogP contribution in [0.1, 0.15) is 27.2 Å². The predicted octanol–water partition coefficient (Wildman–Crippen LogP) is -1.23. The maximum Gasteiger partial charge on any atom is 0.170 e. The number of hydrogen-bond donors (Lipinski definition) is 2. The van der Waals surface area contributed by atoms with Crippen LogP contribution in [0.4, 0.5) is 0 Å². The van der Waals surface area contributed by atoms with E-state index in [4.69, 9.17) is 5.41 Å². The molecule has 14 heavy (non-hydrogen) atoms. The summed E-state index contributed by atoms with van der Waals surface area (Å²) in [5.74, 6) is 0. The summed E-state index contributed by atoms with van der Waals surface area (Å²) in [6.07, 6.45) is 2.88. The van der Waals surface area contributed by atoms with Crippen LogP contribution < -0.4 is 10.7 Å². The molecule has 1 aliphatic rings. The highest BCUT2D eigenvalue weighted by atomic mass is 15.1. The minimum Gasteiger partial charge on any atom is -0.313 e. The standard InChI is InChI=1S/C11H21N3/c1-11(2,3)13-10-5-6-14(4)8-9(10)7-12/h7,12-13H,5-6,8H2,1-4H3/p+2. The summed E-state index contributed by atoms with van der Waals surface area (Å²) in [5.41, 5.74) is 2.96. The van der Waals surface area contributed by atoms with Gasteiger partial charge in [0.1, 0.15) is 5.70 Å². The Kier molecular flexibility index (Phi) is 3.45. The minimum atomic E-state index is 0.250. The largest absolute Gasteiger partial charge is 0.313 e. The van der Waals surface area contributed by atoms with Crippen LogP contribution in [0.15, 0.2) is 11.3 Å². The molecule has 0 amide bonds. The second kappa shape index (κ2) is 4.24. The van der Waals surface area contributed by atoms with E-state index in [0.29, 0.717) is 0 Å². The molecule has 0 aromatic rings. The summed E-state index contributed by atoms with van der Waals surface area (Å²) >= 11 is 0. The van der Waals surface area contributed by atoms with Gasteiger partial charge in [0.05, 0.1) is 11.1 Å². The lowest BCUT2D eigenvalue weighted by Crippen LogP contribution is -2.93. The van der Waals surface area contributed by atoms with Crippen LogP contribution in [0, 0.1) is 0 Å². The molecule has 0 saturated carbocycles. The van der Waals surface area contributed by atoms with Gasteiger partial charge in [-0.15, -0.1) is 0 Å². The van der Waals surface area contributed by atoms with Gasteiger partial charge in [-0.2, -0.15) is 0 Å². The lowest BCUT2D eigenvalue weighted by Gasteiger charge is -2.26. The molecular weight excluding hydrogens is 174 g/mol. The van der Waals surface area contributed by atoms with Crippen molar-refractivity contribution in [3.05, 3.63) is 11.3 Å². The van der Waals surface area contributed by atoms with E-state index >= 15 is 0 Å². The molecule has 0 saturated heterocycles. The molecule has 0 unspecified atom stereocenters. The molecule has 0 bridgehead atoms. The number of rotatable bonds is 2. The maximum atomic E-state index is 5.65. The van der Waals surface area contributed by atoms with Crippen LogP contribution in [0.5, 0.6) is 0 Å². The van der Waals surface area contributed by atoms with Crippen molar-refractivity contribution in [2.24, 2.45) is 0 Å². The van der Waals surface area contributed by atoms with Crippen molar-refractivity contribution in [3.8, 4) is 0 Å². The molecule has 0 aromatic heterocycles. The molecule has 0 fully saturated rings. The number of nitrogens with two attached hydrogens (primary N) is 2. The van der Waals surface area contributed by atoms with E-state index in [2.05, 4.69) is 38.0 Å². The van der Waals surface area contributed by atoms with Gasteiger partial charge >= 0.3 is 0 Å². The van der Waals surface area contributed by atoms with Crippen LogP contribution in [-0.4, -0.2) is 36.8 Å². The predicted molar refractivity (Wildman–Crippen MR) is 58.8 cm³/mol. The Morgan fingerprint density at radius 3 is 2.57 bits per heavy atom. The van der Waals surface area contributed by atoms with Gasteiger partial charge in [-0.05, 0) is 27.8 Å². The van der Waals surface area contributed by atoms with Gasteiger partial charge in [0.2, 0.25) is 0 Å². The number of hydrogen-bond acceptors (Lipinski definition) is 1. The fourth-order valence-corrected chi connectivity index (χ4v) is 1.79. The summed E-state index contributed by atoms with van der Waals surface area (Å²) in [6.45, 7) is 8.81. The Bertz CT molecular complexity index is 248. The third-order valence-corrected chi connectivity index (χ3v) is 2.42. The second-order valence-electron chi connectivity index (χ2n) is 5.22. The van der Waals surface area contributed by atoms with E-state index in [1.165, 1.54) is 11.3 Å². The minimum absolute atomic E-state index is 0.250. The smallest absolute Gasteiger partial charge is 0.170 e. The molecule has 3 heteroatoms. The Labute approximate surface area is 86.7 Å². The van der Waals surface area contributed by atoms with E-state index in [1.54, 1.807) is 6.21 Å². The molecule has 1 aliphatic heterocycles. The number of likely N-dealkylation sites (N-methyl/N-ethyl adjacent to an activating group) is 1. The van der Waals surface area contributed by atoms with E-state index in [1.807, 2.05) is 0 Å². The fraction of sp³-hybridized carbons (Fsp3) is 0.727. The van der Waals surface area contributed by atoms with E-state index in [0.717, 1.165) is 19.5 Å². The van der Waals surface area contributed by atoms with Crippen LogP contribution in [0.2, 0.25) is 0 Å². The Balaban J connectivity index is 2.78. The molecule has 0 aromatic carbocycles. The van der Waals surface area contributed by atoms with Gasteiger partial charge in [-0.3, -0.25) is 5.41 Å². The monoisotopic (exact) mass is 197 g/mol. The highest BCUT2D eigenvalue weighted by Gasteiger charge is 2.24. The van der Waals surface area contributed by atoms with Crippen molar-refractivity contribution in [1.82, 2.24) is 4.90 Å². The van der Waals surface area contributed by atoms with Gasteiger partial charge < -0.3 is 10.2 Å². The summed E-state index contributed by atoms with van der Waals surface area (Å²) in [4.78, 5) is 2.30. The SMILES string of the molecule is CN1CCC([NH2+]C(C)(C)C)=C(C=[NH2+])C1. The molecule has 0 radical (unpaired) electrons. The topological polar surface area (TPSA) is 45.4 Å². The summed E-state index contributed by atoms with van der Waals surface area (Å²) in [7, 11) is 2.14. The first-order valence-electron chi connectivity index (χ1n) is 5.24.